The van der Waals surface area contributed by atoms with Gasteiger partial charge >= 0.3 is 0 Å². The Morgan fingerprint density at radius 2 is 1.73 bits per heavy atom. The van der Waals surface area contributed by atoms with E-state index in [0.717, 1.165) is 28.5 Å². The lowest BCUT2D eigenvalue weighted by atomic mass is 9.99. The predicted octanol–water partition coefficient (Wildman–Crippen LogP) is 6.07. The Kier molecular flexibility index (Phi) is 7.55. The first-order valence-corrected chi connectivity index (χ1v) is 13.1. The molecule has 0 amide bonds. The highest BCUT2D eigenvalue weighted by Crippen LogP contribution is 2.30. The second-order valence-electron chi connectivity index (χ2n) is 9.61. The van der Waals surface area contributed by atoms with Crippen LogP contribution in [0, 0.1) is 18.6 Å². The molecule has 0 spiro atoms. The highest BCUT2D eigenvalue weighted by Gasteiger charge is 2.25. The van der Waals surface area contributed by atoms with Gasteiger partial charge in [-0.05, 0) is 61.2 Å². The zero-order chi connectivity index (χ0) is 28.4. The largest absolute Gasteiger partial charge is 0.493 e. The average molecular weight is 542 g/mol. The highest BCUT2D eigenvalue weighted by molar-refractivity contribution is 5.65. The van der Waals surface area contributed by atoms with Crippen LogP contribution in [0.4, 0.5) is 8.78 Å². The van der Waals surface area contributed by atoms with Crippen molar-refractivity contribution in [1.29, 1.82) is 0 Å². The molecule has 0 saturated heterocycles. The lowest BCUT2D eigenvalue weighted by molar-refractivity contribution is 0.433. The van der Waals surface area contributed by atoms with E-state index in [4.69, 9.17) is 0 Å². The number of aromatic hydroxyl groups is 1. The topological polar surface area (TPSA) is 85.8 Å². The molecule has 5 rings (SSSR count). The summed E-state index contributed by atoms with van der Waals surface area (Å²) in [6, 6.07) is 15.7. The summed E-state index contributed by atoms with van der Waals surface area (Å²) in [5, 5.41) is 15.5. The minimum Gasteiger partial charge on any atom is -0.493 e. The molecule has 0 bridgehead atoms. The average Bonchev–Trinajstić information content (AvgIpc) is 3.42. The van der Waals surface area contributed by atoms with Gasteiger partial charge in [0.1, 0.15) is 17.3 Å². The van der Waals surface area contributed by atoms with Crippen molar-refractivity contribution in [3.63, 3.8) is 0 Å². The van der Waals surface area contributed by atoms with Gasteiger partial charge in [-0.25, -0.2) is 8.78 Å². The van der Waals surface area contributed by atoms with Crippen LogP contribution in [0.3, 0.4) is 0 Å². The van der Waals surface area contributed by atoms with Crippen LogP contribution in [-0.2, 0) is 13.0 Å². The second kappa shape index (κ2) is 11.2. The van der Waals surface area contributed by atoms with E-state index in [1.54, 1.807) is 23.1 Å². The van der Waals surface area contributed by atoms with Gasteiger partial charge in [0.2, 0.25) is 5.88 Å². The molecule has 7 nitrogen and oxygen atoms in total. The zero-order valence-corrected chi connectivity index (χ0v) is 22.5. The van der Waals surface area contributed by atoms with Gasteiger partial charge in [0.05, 0.1) is 11.6 Å². The first kappa shape index (κ1) is 26.9. The molecule has 204 valence electrons. The van der Waals surface area contributed by atoms with E-state index in [0.29, 0.717) is 18.7 Å². The smallest absolute Gasteiger partial charge is 0.261 e. The van der Waals surface area contributed by atoms with Crippen LogP contribution in [-0.4, -0.2) is 29.4 Å². The number of halogens is 2. The summed E-state index contributed by atoms with van der Waals surface area (Å²) >= 11 is 0. The second-order valence-corrected chi connectivity index (χ2v) is 9.61. The van der Waals surface area contributed by atoms with Gasteiger partial charge < -0.3 is 5.11 Å². The first-order chi connectivity index (χ1) is 19.3. The van der Waals surface area contributed by atoms with Gasteiger partial charge in [0, 0.05) is 42.7 Å². The minimum atomic E-state index is -0.748. The molecular formula is C31H29F2N5O2. The Morgan fingerprint density at radius 1 is 1.00 bits per heavy atom. The first-order valence-electron chi connectivity index (χ1n) is 13.1. The maximum absolute atomic E-state index is 14.2. The Bertz CT molecular complexity index is 1710. The number of hydrogen-bond acceptors (Lipinski definition) is 5. The number of pyridine rings is 1. The van der Waals surface area contributed by atoms with Crippen LogP contribution in [0.5, 0.6) is 5.88 Å². The van der Waals surface area contributed by atoms with Crippen LogP contribution in [0.2, 0.25) is 0 Å². The van der Waals surface area contributed by atoms with Gasteiger partial charge in [0.15, 0.2) is 5.82 Å². The SMILES string of the molecule is CC[C@@H](c1cc(F)cc(F)c1)n1c(-c2ccn(CC)n2)nc(O)c(Cc2ccc(-c3cccnc3C)cc2)c1=O. The van der Waals surface area contributed by atoms with Gasteiger partial charge in [0.25, 0.3) is 5.56 Å². The van der Waals surface area contributed by atoms with Crippen molar-refractivity contribution in [2.75, 3.05) is 0 Å². The van der Waals surface area contributed by atoms with E-state index in [9.17, 15) is 18.7 Å². The lowest BCUT2D eigenvalue weighted by Crippen LogP contribution is -2.31. The summed E-state index contributed by atoms with van der Waals surface area (Å²) in [5.74, 6) is -1.77. The molecule has 1 N–H and O–H groups in total. The molecule has 9 heteroatoms. The van der Waals surface area contributed by atoms with Crippen molar-refractivity contribution in [2.45, 2.75) is 46.2 Å². The van der Waals surface area contributed by atoms with E-state index < -0.39 is 29.1 Å². The monoisotopic (exact) mass is 541 g/mol. The molecule has 3 aromatic heterocycles. The molecule has 0 unspecified atom stereocenters. The molecule has 2 aromatic carbocycles. The number of rotatable bonds is 8. The van der Waals surface area contributed by atoms with Crippen molar-refractivity contribution in [3.8, 4) is 28.5 Å². The fourth-order valence-corrected chi connectivity index (χ4v) is 4.97. The van der Waals surface area contributed by atoms with E-state index in [-0.39, 0.29) is 23.4 Å². The van der Waals surface area contributed by atoms with E-state index in [1.165, 1.54) is 16.7 Å². The quantitative estimate of drug-likeness (QED) is 0.258. The molecule has 1 atom stereocenters. The summed E-state index contributed by atoms with van der Waals surface area (Å²) in [6.45, 7) is 6.27. The van der Waals surface area contributed by atoms with E-state index in [1.807, 2.05) is 57.2 Å². The molecule has 0 aliphatic rings. The fraction of sp³-hybridized carbons (Fsp3) is 0.226. The van der Waals surface area contributed by atoms with Gasteiger partial charge in [-0.3, -0.25) is 19.0 Å². The van der Waals surface area contributed by atoms with Crippen LogP contribution in [0.1, 0.15) is 48.7 Å². The third kappa shape index (κ3) is 5.27. The van der Waals surface area contributed by atoms with Gasteiger partial charge in [-0.2, -0.15) is 10.1 Å². The molecule has 5 aromatic rings. The van der Waals surface area contributed by atoms with Gasteiger partial charge in [-0.1, -0.05) is 37.3 Å². The fourth-order valence-electron chi connectivity index (χ4n) is 4.97. The third-order valence-electron chi connectivity index (χ3n) is 7.00. The summed E-state index contributed by atoms with van der Waals surface area (Å²) in [4.78, 5) is 22.8. The van der Waals surface area contributed by atoms with E-state index >= 15 is 0 Å². The molecule has 0 aliphatic carbocycles. The number of hydrogen-bond donors (Lipinski definition) is 1. The maximum Gasteiger partial charge on any atom is 0.261 e. The molecule has 40 heavy (non-hydrogen) atoms. The Morgan fingerprint density at radius 3 is 2.35 bits per heavy atom. The lowest BCUT2D eigenvalue weighted by Gasteiger charge is -2.23. The molecule has 3 heterocycles. The summed E-state index contributed by atoms with van der Waals surface area (Å²) in [6.07, 6.45) is 3.94. The van der Waals surface area contributed by atoms with Crippen LogP contribution in [0.25, 0.3) is 22.6 Å². The molecule has 0 radical (unpaired) electrons. The highest BCUT2D eigenvalue weighted by atomic mass is 19.1. The molecular weight excluding hydrogens is 512 g/mol. The number of nitrogens with zero attached hydrogens (tertiary/aromatic N) is 5. The minimum absolute atomic E-state index is 0.0827. The maximum atomic E-state index is 14.2. The zero-order valence-electron chi connectivity index (χ0n) is 22.5. The number of aryl methyl sites for hydroxylation is 2. The molecule has 0 saturated carbocycles. The third-order valence-corrected chi connectivity index (χ3v) is 7.00. The van der Waals surface area contributed by atoms with Crippen LogP contribution < -0.4 is 5.56 Å². The summed E-state index contributed by atoms with van der Waals surface area (Å²) < 4.78 is 31.5. The predicted molar refractivity (Wildman–Crippen MR) is 149 cm³/mol. The number of benzene rings is 2. The van der Waals surface area contributed by atoms with Crippen molar-refractivity contribution >= 4 is 0 Å². The van der Waals surface area contributed by atoms with Crippen LogP contribution >= 0.6 is 0 Å². The van der Waals surface area contributed by atoms with Crippen molar-refractivity contribution in [1.82, 2.24) is 24.3 Å². The Hall–Kier alpha value is -4.66. The normalized spacial score (nSPS) is 12.0. The molecule has 0 aliphatic heterocycles. The summed E-state index contributed by atoms with van der Waals surface area (Å²) in [5.41, 5.74) is 3.91. The van der Waals surface area contributed by atoms with Gasteiger partial charge in [-0.15, -0.1) is 0 Å². The number of aromatic nitrogens is 5. The van der Waals surface area contributed by atoms with Crippen molar-refractivity contribution < 1.29 is 13.9 Å². The standard InChI is InChI=1S/C31H29F2N5O2/c1-4-28(22-16-23(32)18-24(33)17-22)38-29(27-12-14-37(5-2)36-27)35-30(39)26(31(38)40)15-20-8-10-21(11-9-20)25-7-6-13-34-19(25)3/h6-14,16-18,28,39H,4-5,15H2,1-3H3/t28-/m0/s1. The Labute approximate surface area is 230 Å². The van der Waals surface area contributed by atoms with Crippen molar-refractivity contribution in [2.24, 2.45) is 0 Å². The molecule has 0 fully saturated rings. The summed E-state index contributed by atoms with van der Waals surface area (Å²) in [7, 11) is 0. The van der Waals surface area contributed by atoms with Crippen molar-refractivity contribution in [3.05, 3.63) is 117 Å². The Balaban J connectivity index is 1.62. The van der Waals surface area contributed by atoms with Crippen LogP contribution in [0.15, 0.2) is 77.9 Å². The van der Waals surface area contributed by atoms with E-state index in [2.05, 4.69) is 15.1 Å².